The average Bonchev–Trinajstić information content (AvgIpc) is 3.35. The highest BCUT2D eigenvalue weighted by atomic mass is 16.5. The van der Waals surface area contributed by atoms with E-state index in [2.05, 4.69) is 208 Å². The largest absolute Gasteiger partial charge is 0.457 e. The van der Waals surface area contributed by atoms with Crippen LogP contribution in [0.4, 0.5) is 0 Å². The van der Waals surface area contributed by atoms with E-state index in [4.69, 9.17) is 19.7 Å². The monoisotopic (exact) mass is 807 g/mol. The standard InChI is InChI=1S/C59H41N3O/c1-58(2)47-27-13-14-28-49(47)59(50-29-15-17-31-53(50)63-54-32-18-16-30-51(54)59)52-37-40(33-36-48(52)58)41-23-9-12-26-45(41)56-60-55(39-21-7-4-8-22-39)61-57(62-56)46-35-34-42(38-19-5-3-6-20-38)43-24-10-11-25-44(43)46/h3-37H,1-2H3. The highest BCUT2D eigenvalue weighted by Gasteiger charge is 2.52. The van der Waals surface area contributed by atoms with E-state index < -0.39 is 5.41 Å². The van der Waals surface area contributed by atoms with Gasteiger partial charge >= 0.3 is 0 Å². The van der Waals surface area contributed by atoms with Gasteiger partial charge in [0.25, 0.3) is 0 Å². The number of rotatable bonds is 5. The third-order valence-corrected chi connectivity index (χ3v) is 13.3. The number of ether oxygens (including phenoxy) is 1. The van der Waals surface area contributed by atoms with Crippen LogP contribution in [-0.2, 0) is 10.8 Å². The lowest BCUT2D eigenvalue weighted by Gasteiger charge is -2.50. The molecule has 1 aromatic heterocycles. The fourth-order valence-corrected chi connectivity index (χ4v) is 10.4. The van der Waals surface area contributed by atoms with Crippen LogP contribution in [0.1, 0.15) is 47.2 Å². The summed E-state index contributed by atoms with van der Waals surface area (Å²) in [6.45, 7) is 4.71. The van der Waals surface area contributed by atoms with Crippen molar-refractivity contribution in [1.82, 2.24) is 15.0 Å². The summed E-state index contributed by atoms with van der Waals surface area (Å²) in [5.41, 5.74) is 13.8. The first kappa shape index (κ1) is 36.9. The van der Waals surface area contributed by atoms with Crippen molar-refractivity contribution in [3.63, 3.8) is 0 Å². The predicted molar refractivity (Wildman–Crippen MR) is 255 cm³/mol. The first-order valence-electron chi connectivity index (χ1n) is 21.6. The van der Waals surface area contributed by atoms with Gasteiger partial charge in [-0.25, -0.2) is 15.0 Å². The second kappa shape index (κ2) is 14.3. The van der Waals surface area contributed by atoms with Crippen LogP contribution >= 0.6 is 0 Å². The molecule has 0 unspecified atom stereocenters. The zero-order valence-corrected chi connectivity index (χ0v) is 35.0. The van der Waals surface area contributed by atoms with Crippen molar-refractivity contribution >= 4 is 10.8 Å². The third kappa shape index (κ3) is 5.65. The lowest BCUT2D eigenvalue weighted by atomic mass is 9.53. The Morgan fingerprint density at radius 1 is 0.317 bits per heavy atom. The molecule has 12 rings (SSSR count). The van der Waals surface area contributed by atoms with Crippen LogP contribution in [-0.4, -0.2) is 15.0 Å². The van der Waals surface area contributed by atoms with Gasteiger partial charge in [0.2, 0.25) is 0 Å². The van der Waals surface area contributed by atoms with Crippen molar-refractivity contribution in [3.05, 3.63) is 246 Å². The van der Waals surface area contributed by atoms with E-state index in [0.29, 0.717) is 17.5 Å². The number of hydrogen-bond acceptors (Lipinski definition) is 4. The summed E-state index contributed by atoms with van der Waals surface area (Å²) in [7, 11) is 0. The Morgan fingerprint density at radius 3 is 1.48 bits per heavy atom. The molecule has 0 saturated carbocycles. The van der Waals surface area contributed by atoms with E-state index in [-0.39, 0.29) is 5.41 Å². The SMILES string of the molecule is CC1(C)c2ccccc2C2(c3ccccc3Oc3ccccc32)c2cc(-c3ccccc3-c3nc(-c4ccccc4)nc(-c4ccc(-c5ccccc5)c5ccccc45)n3)ccc21. The molecule has 0 fully saturated rings. The molecule has 0 atom stereocenters. The first-order valence-corrected chi connectivity index (χ1v) is 21.6. The van der Waals surface area contributed by atoms with Crippen LogP contribution in [0, 0.1) is 0 Å². The van der Waals surface area contributed by atoms with Gasteiger partial charge in [-0.3, -0.25) is 0 Å². The van der Waals surface area contributed by atoms with Gasteiger partial charge in [-0.15, -0.1) is 0 Å². The molecule has 4 nitrogen and oxygen atoms in total. The minimum absolute atomic E-state index is 0.274. The van der Waals surface area contributed by atoms with E-state index in [1.165, 1.54) is 33.4 Å². The molecular formula is C59H41N3O. The Bertz CT molecular complexity index is 3360. The topological polar surface area (TPSA) is 47.9 Å². The maximum Gasteiger partial charge on any atom is 0.164 e. The number of aromatic nitrogens is 3. The molecule has 1 aliphatic carbocycles. The molecule has 2 aliphatic rings. The van der Waals surface area contributed by atoms with Gasteiger partial charge in [0.05, 0.1) is 5.41 Å². The second-order valence-electron chi connectivity index (χ2n) is 17.1. The summed E-state index contributed by atoms with van der Waals surface area (Å²) in [5, 5.41) is 2.23. The molecule has 0 bridgehead atoms. The van der Waals surface area contributed by atoms with Crippen molar-refractivity contribution in [2.75, 3.05) is 0 Å². The lowest BCUT2D eigenvalue weighted by Crippen LogP contribution is -2.43. The van der Waals surface area contributed by atoms with Gasteiger partial charge < -0.3 is 4.74 Å². The van der Waals surface area contributed by atoms with Gasteiger partial charge in [0, 0.05) is 33.2 Å². The Morgan fingerprint density at radius 2 is 0.794 bits per heavy atom. The second-order valence-corrected chi connectivity index (χ2v) is 17.1. The normalized spacial score (nSPS) is 13.9. The fourth-order valence-electron chi connectivity index (χ4n) is 10.4. The van der Waals surface area contributed by atoms with Crippen LogP contribution in [0.25, 0.3) is 67.2 Å². The van der Waals surface area contributed by atoms with Crippen LogP contribution in [0.5, 0.6) is 11.5 Å². The smallest absolute Gasteiger partial charge is 0.164 e. The van der Waals surface area contributed by atoms with Gasteiger partial charge in [-0.05, 0) is 79.5 Å². The Hall–Kier alpha value is -7.95. The Labute approximate surface area is 367 Å². The third-order valence-electron chi connectivity index (χ3n) is 13.3. The average molecular weight is 808 g/mol. The van der Waals surface area contributed by atoms with Crippen LogP contribution in [0.15, 0.2) is 212 Å². The van der Waals surface area contributed by atoms with Gasteiger partial charge in [-0.1, -0.05) is 202 Å². The fraction of sp³-hybridized carbons (Fsp3) is 0.0678. The van der Waals surface area contributed by atoms with E-state index >= 15 is 0 Å². The summed E-state index contributed by atoms with van der Waals surface area (Å²) < 4.78 is 6.71. The minimum Gasteiger partial charge on any atom is -0.457 e. The quantitative estimate of drug-likeness (QED) is 0.174. The molecule has 0 radical (unpaired) electrons. The molecule has 298 valence electrons. The predicted octanol–water partition coefficient (Wildman–Crippen LogP) is 14.5. The number of hydrogen-bond donors (Lipinski definition) is 0. The van der Waals surface area contributed by atoms with Crippen LogP contribution in [0.2, 0.25) is 0 Å². The molecule has 9 aromatic carbocycles. The Kier molecular flexibility index (Phi) is 8.38. The maximum atomic E-state index is 6.71. The molecule has 0 saturated heterocycles. The highest BCUT2D eigenvalue weighted by Crippen LogP contribution is 2.61. The number of fused-ring (bicyclic) bond motifs is 9. The summed E-state index contributed by atoms with van der Waals surface area (Å²) >= 11 is 0. The molecule has 63 heavy (non-hydrogen) atoms. The lowest BCUT2D eigenvalue weighted by molar-refractivity contribution is 0.425. The molecule has 0 N–H and O–H groups in total. The number of benzene rings is 9. The number of para-hydroxylation sites is 2. The summed E-state index contributed by atoms with van der Waals surface area (Å²) in [5.74, 6) is 3.61. The minimum atomic E-state index is -0.633. The molecular weight excluding hydrogens is 767 g/mol. The summed E-state index contributed by atoms with van der Waals surface area (Å²) in [6.07, 6.45) is 0. The summed E-state index contributed by atoms with van der Waals surface area (Å²) in [4.78, 5) is 15.9. The van der Waals surface area contributed by atoms with Gasteiger partial charge in [0.1, 0.15) is 11.5 Å². The molecule has 1 aliphatic heterocycles. The molecule has 10 aromatic rings. The first-order chi connectivity index (χ1) is 31.0. The Balaban J connectivity index is 1.09. The maximum absolute atomic E-state index is 6.71. The molecule has 0 amide bonds. The molecule has 4 heteroatoms. The van der Waals surface area contributed by atoms with E-state index in [1.807, 2.05) is 18.2 Å². The van der Waals surface area contributed by atoms with Crippen LogP contribution in [0.3, 0.4) is 0 Å². The number of nitrogens with zero attached hydrogens (tertiary/aromatic N) is 3. The van der Waals surface area contributed by atoms with Crippen molar-refractivity contribution in [2.24, 2.45) is 0 Å². The van der Waals surface area contributed by atoms with Crippen molar-refractivity contribution in [1.29, 1.82) is 0 Å². The highest BCUT2D eigenvalue weighted by molar-refractivity contribution is 6.04. The molecule has 1 spiro atoms. The van der Waals surface area contributed by atoms with E-state index in [1.54, 1.807) is 0 Å². The zero-order chi connectivity index (χ0) is 42.1. The summed E-state index contributed by atoms with van der Waals surface area (Å²) in [6, 6.07) is 75.4. The van der Waals surface area contributed by atoms with Crippen molar-refractivity contribution in [3.8, 4) is 67.9 Å². The zero-order valence-electron chi connectivity index (χ0n) is 35.0. The molecule has 2 heterocycles. The van der Waals surface area contributed by atoms with Gasteiger partial charge in [0.15, 0.2) is 17.5 Å². The van der Waals surface area contributed by atoms with E-state index in [0.717, 1.165) is 61.2 Å². The van der Waals surface area contributed by atoms with Crippen molar-refractivity contribution in [2.45, 2.75) is 24.7 Å². The van der Waals surface area contributed by atoms with E-state index in [9.17, 15) is 0 Å². The van der Waals surface area contributed by atoms with Crippen molar-refractivity contribution < 1.29 is 4.74 Å². The van der Waals surface area contributed by atoms with Crippen LogP contribution < -0.4 is 4.74 Å². The van der Waals surface area contributed by atoms with Gasteiger partial charge in [-0.2, -0.15) is 0 Å².